The van der Waals surface area contributed by atoms with Crippen LogP contribution in [0.5, 0.6) is 0 Å². The maximum absolute atomic E-state index is 12.0. The molecule has 0 bridgehead atoms. The molecular formula is C11H17N3O5S. The molecule has 1 saturated heterocycles. The number of aromatic nitrogens is 2. The zero-order chi connectivity index (χ0) is 14.6. The van der Waals surface area contributed by atoms with Crippen molar-refractivity contribution in [2.45, 2.75) is 36.3 Å². The minimum Gasteiger partial charge on any atom is -0.469 e. The molecular weight excluding hydrogens is 286 g/mol. The predicted molar refractivity (Wildman–Crippen MR) is 68.3 cm³/mol. The summed E-state index contributed by atoms with van der Waals surface area (Å²) in [6, 6.07) is -0.265. The zero-order valence-electron chi connectivity index (χ0n) is 11.0. The first-order valence-corrected chi connectivity index (χ1v) is 7.69. The van der Waals surface area contributed by atoms with E-state index in [9.17, 15) is 13.2 Å². The van der Waals surface area contributed by atoms with Crippen molar-refractivity contribution in [1.29, 1.82) is 0 Å². The molecule has 2 rings (SSSR count). The summed E-state index contributed by atoms with van der Waals surface area (Å²) in [7, 11) is -2.28. The predicted octanol–water partition coefficient (Wildman–Crippen LogP) is -0.201. The number of methoxy groups -OCH3 is 1. The molecule has 0 aromatic carbocycles. The minimum atomic E-state index is -3.59. The van der Waals surface area contributed by atoms with Gasteiger partial charge in [-0.15, -0.1) is 0 Å². The van der Waals surface area contributed by atoms with Crippen LogP contribution in [0.3, 0.4) is 0 Å². The van der Waals surface area contributed by atoms with E-state index in [2.05, 4.69) is 19.7 Å². The molecule has 2 heterocycles. The van der Waals surface area contributed by atoms with Crippen LogP contribution < -0.4 is 4.72 Å². The summed E-state index contributed by atoms with van der Waals surface area (Å²) in [4.78, 5) is 11.3. The van der Waals surface area contributed by atoms with Crippen molar-refractivity contribution in [3.8, 4) is 0 Å². The lowest BCUT2D eigenvalue weighted by Gasteiger charge is -2.29. The second-order valence-electron chi connectivity index (χ2n) is 4.55. The van der Waals surface area contributed by atoms with E-state index < -0.39 is 10.0 Å². The van der Waals surface area contributed by atoms with E-state index in [0.717, 1.165) is 0 Å². The van der Waals surface area contributed by atoms with Crippen LogP contribution in [0, 0.1) is 0 Å². The molecule has 112 valence electrons. The summed E-state index contributed by atoms with van der Waals surface area (Å²) in [5.41, 5.74) is 0. The second-order valence-corrected chi connectivity index (χ2v) is 6.26. The summed E-state index contributed by atoms with van der Waals surface area (Å²) in [5.74, 6) is -0.367. The number of H-pyrrole nitrogens is 1. The number of aromatic amines is 1. The van der Waals surface area contributed by atoms with E-state index in [4.69, 9.17) is 4.74 Å². The first kappa shape index (κ1) is 14.9. The molecule has 9 heteroatoms. The molecule has 2 unspecified atom stereocenters. The Kier molecular flexibility index (Phi) is 4.73. The second kappa shape index (κ2) is 6.33. The van der Waals surface area contributed by atoms with E-state index in [0.29, 0.717) is 19.4 Å². The van der Waals surface area contributed by atoms with E-state index in [1.807, 2.05) is 0 Å². The number of sulfonamides is 1. The van der Waals surface area contributed by atoms with Crippen molar-refractivity contribution in [3.63, 3.8) is 0 Å². The van der Waals surface area contributed by atoms with Crippen molar-refractivity contribution in [3.05, 3.63) is 12.4 Å². The van der Waals surface area contributed by atoms with Crippen LogP contribution in [0.15, 0.2) is 17.3 Å². The Balaban J connectivity index is 1.95. The van der Waals surface area contributed by atoms with Gasteiger partial charge in [0.15, 0.2) is 0 Å². The lowest BCUT2D eigenvalue weighted by atomic mass is 10.0. The van der Waals surface area contributed by atoms with Gasteiger partial charge in [-0.2, -0.15) is 5.10 Å². The number of nitrogens with one attached hydrogen (secondary N) is 2. The molecule has 1 aromatic rings. The number of hydrogen-bond donors (Lipinski definition) is 2. The van der Waals surface area contributed by atoms with Gasteiger partial charge in [0.25, 0.3) is 0 Å². The highest BCUT2D eigenvalue weighted by atomic mass is 32.2. The number of rotatable bonds is 5. The van der Waals surface area contributed by atoms with Gasteiger partial charge in [0.05, 0.1) is 25.8 Å². The molecule has 1 aromatic heterocycles. The van der Waals surface area contributed by atoms with Gasteiger partial charge in [-0.1, -0.05) is 0 Å². The lowest BCUT2D eigenvalue weighted by molar-refractivity contribution is -0.144. The highest BCUT2D eigenvalue weighted by molar-refractivity contribution is 7.89. The van der Waals surface area contributed by atoms with Gasteiger partial charge in [-0.05, 0) is 12.8 Å². The minimum absolute atomic E-state index is 0.0912. The fourth-order valence-electron chi connectivity index (χ4n) is 2.07. The molecule has 2 atom stereocenters. The molecule has 0 spiro atoms. The Hall–Kier alpha value is -1.45. The SMILES string of the molecule is COC(=O)CC1CC(NS(=O)(=O)c2cn[nH]c2)CCO1. The Bertz CT molecular complexity index is 542. The van der Waals surface area contributed by atoms with Crippen molar-refractivity contribution in [2.24, 2.45) is 0 Å². The molecule has 0 saturated carbocycles. The Morgan fingerprint density at radius 2 is 2.45 bits per heavy atom. The van der Waals surface area contributed by atoms with Crippen molar-refractivity contribution in [2.75, 3.05) is 13.7 Å². The van der Waals surface area contributed by atoms with Crippen molar-refractivity contribution < 1.29 is 22.7 Å². The molecule has 1 aliphatic heterocycles. The standard InChI is InChI=1S/C11H17N3O5S/c1-18-11(15)5-9-4-8(2-3-19-9)14-20(16,17)10-6-12-13-7-10/h6-9,14H,2-5H2,1H3,(H,12,13). The fourth-order valence-corrected chi connectivity index (χ4v) is 3.26. The van der Waals surface area contributed by atoms with Gasteiger partial charge in [-0.3, -0.25) is 9.89 Å². The summed E-state index contributed by atoms with van der Waals surface area (Å²) >= 11 is 0. The molecule has 0 aliphatic carbocycles. The third kappa shape index (κ3) is 3.78. The van der Waals surface area contributed by atoms with E-state index in [1.165, 1.54) is 19.5 Å². The summed E-state index contributed by atoms with van der Waals surface area (Å²) < 4.78 is 36.7. The number of hydrogen-bond acceptors (Lipinski definition) is 6. The lowest BCUT2D eigenvalue weighted by Crippen LogP contribution is -2.42. The van der Waals surface area contributed by atoms with Gasteiger partial charge in [0.1, 0.15) is 4.90 Å². The number of carbonyl (C=O) groups is 1. The van der Waals surface area contributed by atoms with Crippen LogP contribution >= 0.6 is 0 Å². The van der Waals surface area contributed by atoms with Crippen LogP contribution in [-0.4, -0.2) is 50.4 Å². The van der Waals surface area contributed by atoms with Gasteiger partial charge >= 0.3 is 5.97 Å². The maximum Gasteiger partial charge on any atom is 0.308 e. The average Bonchev–Trinajstić information content (AvgIpc) is 2.93. The molecule has 0 amide bonds. The van der Waals surface area contributed by atoms with Gasteiger partial charge in [-0.25, -0.2) is 13.1 Å². The average molecular weight is 303 g/mol. The highest BCUT2D eigenvalue weighted by Crippen LogP contribution is 2.19. The number of nitrogens with zero attached hydrogens (tertiary/aromatic N) is 1. The summed E-state index contributed by atoms with van der Waals surface area (Å²) in [6.07, 6.45) is 3.36. The molecule has 1 aliphatic rings. The Morgan fingerprint density at radius 3 is 3.10 bits per heavy atom. The fraction of sp³-hybridized carbons (Fsp3) is 0.636. The van der Waals surface area contributed by atoms with Crippen LogP contribution in [0.4, 0.5) is 0 Å². The largest absolute Gasteiger partial charge is 0.469 e. The Morgan fingerprint density at radius 1 is 1.65 bits per heavy atom. The van der Waals surface area contributed by atoms with E-state index in [-0.39, 0.29) is 29.4 Å². The molecule has 0 radical (unpaired) electrons. The molecule has 1 fully saturated rings. The monoisotopic (exact) mass is 303 g/mol. The van der Waals surface area contributed by atoms with Gasteiger partial charge < -0.3 is 9.47 Å². The quantitative estimate of drug-likeness (QED) is 0.729. The topological polar surface area (TPSA) is 110 Å². The van der Waals surface area contributed by atoms with E-state index >= 15 is 0 Å². The van der Waals surface area contributed by atoms with Gasteiger partial charge in [0, 0.05) is 18.8 Å². The Labute approximate surface area is 116 Å². The number of carbonyl (C=O) groups excluding carboxylic acids is 1. The van der Waals surface area contributed by atoms with E-state index in [1.54, 1.807) is 0 Å². The smallest absolute Gasteiger partial charge is 0.308 e. The zero-order valence-corrected chi connectivity index (χ0v) is 11.9. The third-order valence-electron chi connectivity index (χ3n) is 3.09. The maximum atomic E-state index is 12.0. The first-order valence-electron chi connectivity index (χ1n) is 6.21. The van der Waals surface area contributed by atoms with Crippen LogP contribution in [0.1, 0.15) is 19.3 Å². The van der Waals surface area contributed by atoms with Crippen molar-refractivity contribution in [1.82, 2.24) is 14.9 Å². The molecule has 8 nitrogen and oxygen atoms in total. The highest BCUT2D eigenvalue weighted by Gasteiger charge is 2.28. The normalized spacial score (nSPS) is 23.4. The molecule has 2 N–H and O–H groups in total. The van der Waals surface area contributed by atoms with Gasteiger partial charge in [0.2, 0.25) is 10.0 Å². The third-order valence-corrected chi connectivity index (χ3v) is 4.58. The summed E-state index contributed by atoms with van der Waals surface area (Å²) in [6.45, 7) is 0.403. The summed E-state index contributed by atoms with van der Waals surface area (Å²) in [5, 5.41) is 6.08. The first-order chi connectivity index (χ1) is 9.51. The molecule has 20 heavy (non-hydrogen) atoms. The van der Waals surface area contributed by atoms with Crippen LogP contribution in [0.25, 0.3) is 0 Å². The van der Waals surface area contributed by atoms with Crippen LogP contribution in [-0.2, 0) is 24.3 Å². The number of ether oxygens (including phenoxy) is 2. The van der Waals surface area contributed by atoms with Crippen LogP contribution in [0.2, 0.25) is 0 Å². The van der Waals surface area contributed by atoms with Crippen molar-refractivity contribution >= 4 is 16.0 Å². The number of esters is 1.